The molecule has 0 saturated heterocycles. The second kappa shape index (κ2) is 7.20. The van der Waals surface area contributed by atoms with Crippen molar-refractivity contribution in [2.75, 3.05) is 6.61 Å². The number of hydrogen-bond acceptors (Lipinski definition) is 2. The van der Waals surface area contributed by atoms with Crippen molar-refractivity contribution in [2.24, 2.45) is 0 Å². The minimum Gasteiger partial charge on any atom is -0.490 e. The zero-order chi connectivity index (χ0) is 17.1. The van der Waals surface area contributed by atoms with Gasteiger partial charge in [-0.3, -0.25) is 0 Å². The second-order valence-corrected chi connectivity index (χ2v) is 6.03. The van der Waals surface area contributed by atoms with Gasteiger partial charge in [-0.25, -0.2) is 4.39 Å². The van der Waals surface area contributed by atoms with Crippen LogP contribution in [0.3, 0.4) is 0 Å². The lowest BCUT2D eigenvalue weighted by Gasteiger charge is -2.07. The van der Waals surface area contributed by atoms with Gasteiger partial charge in [0.2, 0.25) is 5.82 Å². The van der Waals surface area contributed by atoms with E-state index >= 15 is 0 Å². The molecule has 0 amide bonds. The van der Waals surface area contributed by atoms with Gasteiger partial charge in [-0.15, -0.1) is 0 Å². The Balaban J connectivity index is 1.93. The van der Waals surface area contributed by atoms with E-state index in [0.717, 1.165) is 25.7 Å². The van der Waals surface area contributed by atoms with E-state index in [4.69, 9.17) is 9.15 Å². The fourth-order valence-corrected chi connectivity index (χ4v) is 2.96. The summed E-state index contributed by atoms with van der Waals surface area (Å²) < 4.78 is 40.1. The molecule has 4 heteroatoms. The van der Waals surface area contributed by atoms with Crippen molar-refractivity contribution in [1.29, 1.82) is 0 Å². The van der Waals surface area contributed by atoms with Gasteiger partial charge in [0.15, 0.2) is 22.7 Å². The molecule has 0 N–H and O–H groups in total. The van der Waals surface area contributed by atoms with Gasteiger partial charge in [0, 0.05) is 10.8 Å². The zero-order valence-electron chi connectivity index (χ0n) is 14.1. The number of unbranched alkanes of at least 4 members (excludes halogenated alkanes) is 3. The number of aryl methyl sites for hydroxylation is 1. The average Bonchev–Trinajstić information content (AvgIpc) is 2.97. The highest BCUT2D eigenvalue weighted by atomic mass is 19.1. The van der Waals surface area contributed by atoms with Crippen molar-refractivity contribution >= 4 is 21.9 Å². The summed E-state index contributed by atoms with van der Waals surface area (Å²) in [5, 5.41) is 1.16. The Morgan fingerprint density at radius 3 is 2.29 bits per heavy atom. The predicted molar refractivity (Wildman–Crippen MR) is 92.7 cm³/mol. The summed E-state index contributed by atoms with van der Waals surface area (Å²) in [6, 6.07) is 6.84. The lowest BCUT2D eigenvalue weighted by molar-refractivity contribution is 0.290. The third-order valence-corrected chi connectivity index (χ3v) is 4.37. The van der Waals surface area contributed by atoms with Crippen molar-refractivity contribution in [3.8, 4) is 5.75 Å². The number of furan rings is 1. The molecule has 0 spiro atoms. The van der Waals surface area contributed by atoms with Crippen LogP contribution in [-0.2, 0) is 6.42 Å². The third kappa shape index (κ3) is 2.97. The number of fused-ring (bicyclic) bond motifs is 3. The summed E-state index contributed by atoms with van der Waals surface area (Å²) >= 11 is 0. The van der Waals surface area contributed by atoms with Crippen molar-refractivity contribution in [1.82, 2.24) is 0 Å². The first kappa shape index (κ1) is 16.7. The highest BCUT2D eigenvalue weighted by Gasteiger charge is 2.19. The molecule has 24 heavy (non-hydrogen) atoms. The molecular weight excluding hydrogens is 310 g/mol. The van der Waals surface area contributed by atoms with Crippen molar-refractivity contribution in [2.45, 2.75) is 46.0 Å². The molecule has 0 aliphatic heterocycles. The Bertz CT molecular complexity index is 852. The van der Waals surface area contributed by atoms with E-state index in [9.17, 15) is 8.78 Å². The quantitative estimate of drug-likeness (QED) is 0.468. The Hall–Kier alpha value is -2.10. The lowest BCUT2D eigenvalue weighted by Crippen LogP contribution is -1.99. The fraction of sp³-hybridized carbons (Fsp3) is 0.400. The number of rotatable bonds is 7. The molecule has 1 heterocycles. The monoisotopic (exact) mass is 332 g/mol. The van der Waals surface area contributed by atoms with Crippen molar-refractivity contribution < 1.29 is 17.9 Å². The Morgan fingerprint density at radius 1 is 0.875 bits per heavy atom. The Labute approximate surface area is 140 Å². The summed E-state index contributed by atoms with van der Waals surface area (Å²) in [5.41, 5.74) is 0.737. The van der Waals surface area contributed by atoms with Crippen LogP contribution in [0, 0.1) is 11.6 Å². The summed E-state index contributed by atoms with van der Waals surface area (Å²) in [5.74, 6) is -0.807. The van der Waals surface area contributed by atoms with Crippen LogP contribution in [0.5, 0.6) is 5.75 Å². The molecule has 1 aromatic heterocycles. The zero-order valence-corrected chi connectivity index (χ0v) is 14.1. The summed E-state index contributed by atoms with van der Waals surface area (Å²) in [4.78, 5) is 0. The Kier molecular flexibility index (Phi) is 5.03. The molecule has 128 valence electrons. The number of hydrogen-bond donors (Lipinski definition) is 0. The first-order chi connectivity index (χ1) is 11.7. The van der Waals surface area contributed by atoms with Gasteiger partial charge in [0.25, 0.3) is 0 Å². The molecule has 3 rings (SSSR count). The molecule has 3 aromatic rings. The van der Waals surface area contributed by atoms with E-state index < -0.39 is 11.6 Å². The first-order valence-electron chi connectivity index (χ1n) is 8.62. The molecule has 0 fully saturated rings. The Morgan fingerprint density at radius 2 is 1.58 bits per heavy atom. The third-order valence-electron chi connectivity index (χ3n) is 4.37. The molecule has 0 unspecified atom stereocenters. The van der Waals surface area contributed by atoms with Gasteiger partial charge in [-0.1, -0.05) is 39.2 Å². The summed E-state index contributed by atoms with van der Waals surface area (Å²) in [6.45, 7) is 4.48. The van der Waals surface area contributed by atoms with Crippen LogP contribution in [0.25, 0.3) is 21.9 Å². The number of ether oxygens (including phenoxy) is 1. The fourth-order valence-electron chi connectivity index (χ4n) is 2.96. The normalized spacial score (nSPS) is 11.5. The highest BCUT2D eigenvalue weighted by Crippen LogP contribution is 2.36. The molecule has 0 aliphatic rings. The van der Waals surface area contributed by atoms with E-state index in [1.807, 2.05) is 6.92 Å². The van der Waals surface area contributed by atoms with Gasteiger partial charge in [0.1, 0.15) is 0 Å². The van der Waals surface area contributed by atoms with Crippen LogP contribution in [0.1, 0.15) is 45.1 Å². The maximum Gasteiger partial charge on any atom is 0.208 e. The number of halogens is 2. The van der Waals surface area contributed by atoms with Gasteiger partial charge in [0.05, 0.1) is 6.61 Å². The van der Waals surface area contributed by atoms with E-state index in [-0.39, 0.29) is 16.9 Å². The highest BCUT2D eigenvalue weighted by molar-refractivity contribution is 6.05. The van der Waals surface area contributed by atoms with Crippen LogP contribution in [0.2, 0.25) is 0 Å². The smallest absolute Gasteiger partial charge is 0.208 e. The molecule has 2 aromatic carbocycles. The molecule has 0 atom stereocenters. The lowest BCUT2D eigenvalue weighted by atomic mass is 10.1. The number of benzene rings is 2. The van der Waals surface area contributed by atoms with Crippen molar-refractivity contribution in [3.63, 3.8) is 0 Å². The van der Waals surface area contributed by atoms with Crippen LogP contribution < -0.4 is 4.74 Å². The van der Waals surface area contributed by atoms with E-state index in [2.05, 4.69) is 6.92 Å². The van der Waals surface area contributed by atoms with Crippen LogP contribution in [-0.4, -0.2) is 6.61 Å². The van der Waals surface area contributed by atoms with Gasteiger partial charge in [-0.05, 0) is 36.6 Å². The van der Waals surface area contributed by atoms with Crippen LogP contribution in [0.4, 0.5) is 8.78 Å². The van der Waals surface area contributed by atoms with Gasteiger partial charge < -0.3 is 9.15 Å². The predicted octanol–water partition coefficient (Wildman–Crippen LogP) is 6.39. The van der Waals surface area contributed by atoms with Crippen LogP contribution >= 0.6 is 0 Å². The molecule has 0 radical (unpaired) electrons. The average molecular weight is 332 g/mol. The molecule has 0 saturated carbocycles. The maximum atomic E-state index is 14.7. The first-order valence-corrected chi connectivity index (χ1v) is 8.62. The van der Waals surface area contributed by atoms with Gasteiger partial charge in [-0.2, -0.15) is 4.39 Å². The molecule has 0 bridgehead atoms. The summed E-state index contributed by atoms with van der Waals surface area (Å²) in [7, 11) is 0. The minimum absolute atomic E-state index is 0.0585. The van der Waals surface area contributed by atoms with Crippen molar-refractivity contribution in [3.05, 3.63) is 41.5 Å². The maximum absolute atomic E-state index is 14.7. The van der Waals surface area contributed by atoms with Crippen LogP contribution in [0.15, 0.2) is 28.7 Å². The largest absolute Gasteiger partial charge is 0.490 e. The molecule has 0 aliphatic carbocycles. The molecular formula is C20H22F2O2. The second-order valence-electron chi connectivity index (χ2n) is 6.03. The minimum atomic E-state index is -0.559. The van der Waals surface area contributed by atoms with Gasteiger partial charge >= 0.3 is 0 Å². The summed E-state index contributed by atoms with van der Waals surface area (Å²) in [6.07, 6.45) is 4.81. The van der Waals surface area contributed by atoms with E-state index in [1.165, 1.54) is 0 Å². The topological polar surface area (TPSA) is 22.4 Å². The standard InChI is InChI=1S/C20H22F2O2/c1-3-5-6-7-12-23-16-11-10-15-14-9-8-13(4-2)17(21)19(14)24-20(15)18(16)22/h8-11H,3-7,12H2,1-2H3. The van der Waals surface area contributed by atoms with E-state index in [1.54, 1.807) is 24.3 Å². The van der Waals surface area contributed by atoms with E-state index in [0.29, 0.717) is 29.4 Å². The molecule has 2 nitrogen and oxygen atoms in total. The SMILES string of the molecule is CCCCCCOc1ccc2c(oc3c(F)c(CC)ccc32)c1F.